The van der Waals surface area contributed by atoms with E-state index >= 15 is 0 Å². The molecule has 1 amide bonds. The molecule has 1 aliphatic heterocycles. The predicted octanol–water partition coefficient (Wildman–Crippen LogP) is 12.7. The van der Waals surface area contributed by atoms with Crippen LogP contribution in [0.4, 0.5) is 0 Å². The topological polar surface area (TPSA) is 175 Å². The van der Waals surface area contributed by atoms with Crippen molar-refractivity contribution in [3.8, 4) is 0 Å². The first-order valence-corrected chi connectivity index (χ1v) is 28.4. The van der Waals surface area contributed by atoms with Crippen LogP contribution in [0.15, 0.2) is 122 Å². The van der Waals surface area contributed by atoms with Gasteiger partial charge in [0.1, 0.15) is 24.4 Å². The van der Waals surface area contributed by atoms with Crippen LogP contribution in [0.2, 0.25) is 0 Å². The Balaban J connectivity index is 2.81. The van der Waals surface area contributed by atoms with Gasteiger partial charge in [0.15, 0.2) is 12.4 Å². The summed E-state index contributed by atoms with van der Waals surface area (Å²) >= 11 is 0. The van der Waals surface area contributed by atoms with Gasteiger partial charge in [0.2, 0.25) is 5.91 Å². The van der Waals surface area contributed by atoms with E-state index in [-0.39, 0.29) is 19.4 Å². The molecule has 8 atom stereocenters. The molecule has 8 unspecified atom stereocenters. The minimum Gasteiger partial charge on any atom is -0.454 e. The summed E-state index contributed by atoms with van der Waals surface area (Å²) < 4.78 is 17.5. The van der Waals surface area contributed by atoms with Crippen molar-refractivity contribution in [2.75, 3.05) is 13.2 Å². The third-order valence-electron chi connectivity index (χ3n) is 12.5. The fourth-order valence-corrected chi connectivity index (χ4v) is 7.98. The number of nitrogens with one attached hydrogen (secondary N) is 1. The lowest BCUT2D eigenvalue weighted by atomic mass is 9.99. The Morgan fingerprint density at radius 1 is 0.562 bits per heavy atom. The van der Waals surface area contributed by atoms with E-state index in [1.807, 2.05) is 42.5 Å². The van der Waals surface area contributed by atoms with Crippen molar-refractivity contribution >= 4 is 11.9 Å². The van der Waals surface area contributed by atoms with Crippen molar-refractivity contribution in [3.63, 3.8) is 0 Å². The van der Waals surface area contributed by atoms with Crippen molar-refractivity contribution in [1.82, 2.24) is 5.32 Å². The zero-order valence-corrected chi connectivity index (χ0v) is 45.4. The molecule has 0 bridgehead atoms. The molecule has 0 saturated carbocycles. The molecular formula is C62H101NO10. The average molecular weight is 1020 g/mol. The molecule has 0 aliphatic carbocycles. The van der Waals surface area contributed by atoms with Crippen LogP contribution in [0.3, 0.4) is 0 Å². The van der Waals surface area contributed by atoms with Crippen molar-refractivity contribution < 1.29 is 49.3 Å². The molecule has 0 spiro atoms. The van der Waals surface area contributed by atoms with Crippen LogP contribution < -0.4 is 5.32 Å². The molecule has 0 radical (unpaired) electrons. The van der Waals surface area contributed by atoms with E-state index in [1.165, 1.54) is 51.4 Å². The van der Waals surface area contributed by atoms with Crippen molar-refractivity contribution in [3.05, 3.63) is 122 Å². The van der Waals surface area contributed by atoms with E-state index in [0.29, 0.717) is 12.8 Å². The highest BCUT2D eigenvalue weighted by Gasteiger charge is 2.47. The van der Waals surface area contributed by atoms with Crippen molar-refractivity contribution in [1.29, 1.82) is 0 Å². The van der Waals surface area contributed by atoms with Crippen molar-refractivity contribution in [2.45, 2.75) is 243 Å². The number of esters is 1. The molecule has 6 N–H and O–H groups in total. The third-order valence-corrected chi connectivity index (χ3v) is 12.5. The van der Waals surface area contributed by atoms with Gasteiger partial charge >= 0.3 is 5.97 Å². The molecule has 1 rings (SSSR count). The Morgan fingerprint density at radius 3 is 1.64 bits per heavy atom. The van der Waals surface area contributed by atoms with Crippen LogP contribution in [-0.4, -0.2) is 99.6 Å². The maximum absolute atomic E-state index is 13.4. The zero-order chi connectivity index (χ0) is 53.3. The molecule has 414 valence electrons. The summed E-state index contributed by atoms with van der Waals surface area (Å²) in [5, 5.41) is 56.8. The largest absolute Gasteiger partial charge is 0.454 e. The summed E-state index contributed by atoms with van der Waals surface area (Å²) in [6.07, 6.45) is 56.7. The molecule has 0 aromatic rings. The maximum Gasteiger partial charge on any atom is 0.306 e. The fraction of sp³-hybridized carbons (Fsp3) is 0.645. The zero-order valence-electron chi connectivity index (χ0n) is 45.4. The smallest absolute Gasteiger partial charge is 0.306 e. The average Bonchev–Trinajstić information content (AvgIpc) is 3.39. The van der Waals surface area contributed by atoms with Crippen LogP contribution in [0.25, 0.3) is 0 Å². The standard InChI is InChI=1S/C62H101NO10/c1-4-7-10-13-16-19-22-25-26-27-28-29-32-34-37-40-43-46-49-55(66)61(70)63-53(54(65)48-45-42-39-36-33-30-23-20-17-14-11-8-5-2)52-71-62-60(59(69)58(68)56(51-64)72-62)73-57(67)50-47-44-41-38-35-31-24-21-18-15-12-9-6-3/h7,9-10,12,15-16,18-19,21,24-26,28-29,31,34-35,37,45,48,53-56,58-60,62,64-66,68-69H,4-6,8,11,13-14,17,20,22-23,27,30,32-33,36,38-44,46-47,49-52H2,1-3H3,(H,63,70)/b10-7-,12-9+,18-15+,19-16-,24-21-,26-25-,29-28-,35-31-,37-34-,48-45+. The Hall–Kier alpha value is -3.94. The number of carbonyl (C=O) groups is 2. The minimum absolute atomic E-state index is 0.0661. The summed E-state index contributed by atoms with van der Waals surface area (Å²) in [7, 11) is 0. The van der Waals surface area contributed by atoms with Gasteiger partial charge in [-0.15, -0.1) is 0 Å². The van der Waals surface area contributed by atoms with Crippen LogP contribution in [0.5, 0.6) is 0 Å². The van der Waals surface area contributed by atoms with E-state index < -0.39 is 67.4 Å². The molecule has 11 nitrogen and oxygen atoms in total. The molecule has 1 fully saturated rings. The number of allylic oxidation sites excluding steroid dienone is 19. The van der Waals surface area contributed by atoms with Crippen molar-refractivity contribution in [2.24, 2.45) is 0 Å². The highest BCUT2D eigenvalue weighted by atomic mass is 16.7. The van der Waals surface area contributed by atoms with Gasteiger partial charge in [-0.2, -0.15) is 0 Å². The Bertz CT molecular complexity index is 1640. The number of aliphatic hydroxyl groups is 5. The molecule has 11 heteroatoms. The van der Waals surface area contributed by atoms with E-state index in [1.54, 1.807) is 6.08 Å². The molecule has 1 aliphatic rings. The highest BCUT2D eigenvalue weighted by Crippen LogP contribution is 2.26. The van der Waals surface area contributed by atoms with Gasteiger partial charge in [-0.1, -0.05) is 219 Å². The third kappa shape index (κ3) is 37.4. The maximum atomic E-state index is 13.4. The highest BCUT2D eigenvalue weighted by molar-refractivity contribution is 5.80. The molecular weight excluding hydrogens is 919 g/mol. The number of rotatable bonds is 45. The number of hydrogen-bond acceptors (Lipinski definition) is 10. The molecule has 1 heterocycles. The number of unbranched alkanes of at least 4 members (excludes halogenated alkanes) is 16. The second kappa shape index (κ2) is 49.0. The van der Waals surface area contributed by atoms with Crippen LogP contribution >= 0.6 is 0 Å². The van der Waals surface area contributed by atoms with Gasteiger partial charge in [-0.05, 0) is 89.9 Å². The van der Waals surface area contributed by atoms with Gasteiger partial charge in [0, 0.05) is 6.42 Å². The predicted molar refractivity (Wildman–Crippen MR) is 301 cm³/mol. The number of carbonyl (C=O) groups excluding carboxylic acids is 2. The second-order valence-corrected chi connectivity index (χ2v) is 19.0. The molecule has 1 saturated heterocycles. The van der Waals surface area contributed by atoms with Crippen LogP contribution in [-0.2, 0) is 23.8 Å². The van der Waals surface area contributed by atoms with Gasteiger partial charge < -0.3 is 45.1 Å². The van der Waals surface area contributed by atoms with Crippen LogP contribution in [0.1, 0.15) is 194 Å². The number of amides is 1. The molecule has 0 aromatic heterocycles. The first-order chi connectivity index (χ1) is 35.7. The number of hydrogen-bond donors (Lipinski definition) is 6. The lowest BCUT2D eigenvalue weighted by Gasteiger charge is -2.41. The van der Waals surface area contributed by atoms with E-state index in [2.05, 4.69) is 99.0 Å². The van der Waals surface area contributed by atoms with E-state index in [4.69, 9.17) is 14.2 Å². The summed E-state index contributed by atoms with van der Waals surface area (Å²) in [5.41, 5.74) is 0. The first kappa shape index (κ1) is 67.1. The first-order valence-electron chi connectivity index (χ1n) is 28.4. The number of aliphatic hydroxyl groups excluding tert-OH is 5. The van der Waals surface area contributed by atoms with Gasteiger partial charge in [-0.25, -0.2) is 0 Å². The minimum atomic E-state index is -1.64. The molecule has 73 heavy (non-hydrogen) atoms. The SMILES string of the molecule is CC/C=C\C/C=C\C/C=C\C/C=C\C/C=C\CCCCC(O)C(=O)NC(COC1OC(CO)C(O)C(O)C1OC(=O)CCCCC\C=C/C=C\C=C\C=C\CC)C(O)/C=C/CCCCCCCCCCCCC. The summed E-state index contributed by atoms with van der Waals surface area (Å²) in [4.78, 5) is 26.4. The van der Waals surface area contributed by atoms with Gasteiger partial charge in [0.05, 0.1) is 25.4 Å². The van der Waals surface area contributed by atoms with Gasteiger partial charge in [-0.3, -0.25) is 9.59 Å². The number of ether oxygens (including phenoxy) is 3. The normalized spacial score (nSPS) is 20.4. The summed E-state index contributed by atoms with van der Waals surface area (Å²) in [5.74, 6) is -1.28. The monoisotopic (exact) mass is 1020 g/mol. The quantitative estimate of drug-likeness (QED) is 0.0149. The van der Waals surface area contributed by atoms with Gasteiger partial charge in [0.25, 0.3) is 0 Å². The Labute approximate surface area is 442 Å². The lowest BCUT2D eigenvalue weighted by molar-refractivity contribution is -0.305. The van der Waals surface area contributed by atoms with E-state index in [9.17, 15) is 35.1 Å². The summed E-state index contributed by atoms with van der Waals surface area (Å²) in [6, 6.07) is -1.06. The second-order valence-electron chi connectivity index (χ2n) is 19.0. The Morgan fingerprint density at radius 2 is 1.05 bits per heavy atom. The lowest BCUT2D eigenvalue weighted by Crippen LogP contribution is -2.61. The molecule has 0 aromatic carbocycles. The summed E-state index contributed by atoms with van der Waals surface area (Å²) in [6.45, 7) is 5.46. The fourth-order valence-electron chi connectivity index (χ4n) is 7.98. The Kier molecular flexibility index (Phi) is 45.0. The van der Waals surface area contributed by atoms with E-state index in [0.717, 1.165) is 96.3 Å². The van der Waals surface area contributed by atoms with Crippen LogP contribution in [0, 0.1) is 0 Å².